The number of para-hydroxylation sites is 1. The van der Waals surface area contributed by atoms with Crippen LogP contribution in [0.25, 0.3) is 0 Å². The topological polar surface area (TPSA) is 62.1 Å². The van der Waals surface area contributed by atoms with Crippen molar-refractivity contribution in [3.05, 3.63) is 59.2 Å². The lowest BCUT2D eigenvalue weighted by molar-refractivity contribution is 0.101. The quantitative estimate of drug-likeness (QED) is 0.778. The summed E-state index contributed by atoms with van der Waals surface area (Å²) in [5.74, 6) is 0.876. The number of nitriles is 1. The molecule has 1 saturated carbocycles. The van der Waals surface area contributed by atoms with Crippen LogP contribution in [0.5, 0.6) is 5.75 Å². The van der Waals surface area contributed by atoms with Crippen molar-refractivity contribution in [1.82, 2.24) is 0 Å². The van der Waals surface area contributed by atoms with Gasteiger partial charge in [0.15, 0.2) is 5.78 Å². The molecule has 0 radical (unpaired) electrons. The summed E-state index contributed by atoms with van der Waals surface area (Å²) < 4.78 is 6.15. The lowest BCUT2D eigenvalue weighted by atomic mass is 10.1. The van der Waals surface area contributed by atoms with Crippen LogP contribution in [-0.4, -0.2) is 11.9 Å². The Morgan fingerprint density at radius 1 is 1.24 bits per heavy atom. The Balaban J connectivity index is 1.76. The first-order valence-corrected chi connectivity index (χ1v) is 8.71. The van der Waals surface area contributed by atoms with E-state index < -0.39 is 0 Å². The predicted molar refractivity (Wildman–Crippen MR) is 97.8 cm³/mol. The molecule has 2 aromatic rings. The fourth-order valence-corrected chi connectivity index (χ4v) is 3.15. The van der Waals surface area contributed by atoms with E-state index in [0.717, 1.165) is 24.2 Å². The van der Waals surface area contributed by atoms with E-state index in [9.17, 15) is 10.1 Å². The van der Waals surface area contributed by atoms with E-state index in [1.165, 1.54) is 19.8 Å². The summed E-state index contributed by atoms with van der Waals surface area (Å²) >= 11 is 0. The van der Waals surface area contributed by atoms with Crippen molar-refractivity contribution in [2.75, 3.05) is 5.32 Å². The van der Waals surface area contributed by atoms with Gasteiger partial charge >= 0.3 is 0 Å². The highest BCUT2D eigenvalue weighted by atomic mass is 16.5. The van der Waals surface area contributed by atoms with Gasteiger partial charge < -0.3 is 10.1 Å². The van der Waals surface area contributed by atoms with Gasteiger partial charge in [-0.05, 0) is 56.9 Å². The Morgan fingerprint density at radius 2 is 2.00 bits per heavy atom. The van der Waals surface area contributed by atoms with Gasteiger partial charge in [0, 0.05) is 17.7 Å². The molecule has 1 aliphatic carbocycles. The Kier molecular flexibility index (Phi) is 5.35. The maximum absolute atomic E-state index is 11.6. The zero-order valence-corrected chi connectivity index (χ0v) is 14.4. The summed E-state index contributed by atoms with van der Waals surface area (Å²) in [4.78, 5) is 11.6. The number of rotatable bonds is 6. The van der Waals surface area contributed by atoms with Crippen molar-refractivity contribution in [1.29, 1.82) is 5.26 Å². The van der Waals surface area contributed by atoms with Crippen molar-refractivity contribution in [3.63, 3.8) is 0 Å². The Labute approximate surface area is 148 Å². The second-order valence-corrected chi connectivity index (χ2v) is 6.41. The van der Waals surface area contributed by atoms with Crippen LogP contribution in [-0.2, 0) is 6.54 Å². The standard InChI is InChI=1S/C21H22N2O2/c1-15(24)16-10-11-17(13-22)20(12-16)23-14-18-6-2-5-9-21(18)25-19-7-3-4-8-19/h2,5-6,9-12,19,23H,3-4,7-8,14H2,1H3. The van der Waals surface area contributed by atoms with Crippen molar-refractivity contribution in [3.8, 4) is 11.8 Å². The number of nitrogens with one attached hydrogen (secondary N) is 1. The Bertz CT molecular complexity index is 802. The summed E-state index contributed by atoms with van der Waals surface area (Å²) in [5, 5.41) is 12.6. The molecule has 0 atom stereocenters. The van der Waals surface area contributed by atoms with E-state index in [1.54, 1.807) is 18.2 Å². The third-order valence-electron chi connectivity index (χ3n) is 4.58. The van der Waals surface area contributed by atoms with E-state index >= 15 is 0 Å². The van der Waals surface area contributed by atoms with Gasteiger partial charge in [0.05, 0.1) is 17.4 Å². The van der Waals surface area contributed by atoms with Gasteiger partial charge in [-0.15, -0.1) is 0 Å². The second-order valence-electron chi connectivity index (χ2n) is 6.41. The van der Waals surface area contributed by atoms with Crippen LogP contribution in [0.3, 0.4) is 0 Å². The van der Waals surface area contributed by atoms with E-state index in [0.29, 0.717) is 29.5 Å². The summed E-state index contributed by atoms with van der Waals surface area (Å²) in [7, 11) is 0. The molecular formula is C21H22N2O2. The van der Waals surface area contributed by atoms with E-state index in [2.05, 4.69) is 11.4 Å². The van der Waals surface area contributed by atoms with E-state index in [-0.39, 0.29) is 5.78 Å². The average molecular weight is 334 g/mol. The second kappa shape index (κ2) is 7.85. The smallest absolute Gasteiger partial charge is 0.159 e. The number of hydrogen-bond acceptors (Lipinski definition) is 4. The highest BCUT2D eigenvalue weighted by molar-refractivity contribution is 5.95. The van der Waals surface area contributed by atoms with Crippen LogP contribution in [0, 0.1) is 11.3 Å². The minimum atomic E-state index is -0.0162. The van der Waals surface area contributed by atoms with Crippen molar-refractivity contribution >= 4 is 11.5 Å². The molecule has 0 aromatic heterocycles. The molecular weight excluding hydrogens is 312 g/mol. The molecule has 25 heavy (non-hydrogen) atoms. The Hall–Kier alpha value is -2.80. The number of carbonyl (C=O) groups is 1. The number of ether oxygens (including phenoxy) is 1. The molecule has 4 nitrogen and oxygen atoms in total. The fraction of sp³-hybridized carbons (Fsp3) is 0.333. The van der Waals surface area contributed by atoms with E-state index in [4.69, 9.17) is 4.74 Å². The maximum Gasteiger partial charge on any atom is 0.159 e. The van der Waals surface area contributed by atoms with Gasteiger partial charge in [0.2, 0.25) is 0 Å². The number of ketones is 1. The SMILES string of the molecule is CC(=O)c1ccc(C#N)c(NCc2ccccc2OC2CCCC2)c1. The van der Waals surface area contributed by atoms with Crippen molar-refractivity contribution < 1.29 is 9.53 Å². The molecule has 1 N–H and O–H groups in total. The third-order valence-corrected chi connectivity index (χ3v) is 4.58. The Morgan fingerprint density at radius 3 is 2.72 bits per heavy atom. The molecule has 2 aromatic carbocycles. The molecule has 1 fully saturated rings. The number of hydrogen-bond donors (Lipinski definition) is 1. The van der Waals surface area contributed by atoms with Gasteiger partial charge in [-0.2, -0.15) is 5.26 Å². The molecule has 0 heterocycles. The number of benzene rings is 2. The summed E-state index contributed by atoms with van der Waals surface area (Å²) in [6, 6.07) is 15.2. The number of Topliss-reactive ketones (excluding diaryl/α,β-unsaturated/α-hetero) is 1. The normalized spacial score (nSPS) is 14.1. The highest BCUT2D eigenvalue weighted by Crippen LogP contribution is 2.27. The first kappa shape index (κ1) is 17.0. The lowest BCUT2D eigenvalue weighted by Crippen LogP contribution is -2.13. The fourth-order valence-electron chi connectivity index (χ4n) is 3.15. The molecule has 0 unspecified atom stereocenters. The molecule has 3 rings (SSSR count). The molecule has 0 spiro atoms. The zero-order chi connectivity index (χ0) is 17.6. The van der Waals surface area contributed by atoms with Crippen LogP contribution < -0.4 is 10.1 Å². The molecule has 128 valence electrons. The maximum atomic E-state index is 11.6. The van der Waals surface area contributed by atoms with Gasteiger partial charge in [0.1, 0.15) is 11.8 Å². The minimum absolute atomic E-state index is 0.0162. The van der Waals surface area contributed by atoms with Crippen molar-refractivity contribution in [2.45, 2.75) is 45.3 Å². The molecule has 0 saturated heterocycles. The first-order chi connectivity index (χ1) is 12.2. The van der Waals surface area contributed by atoms with Crippen LogP contribution >= 0.6 is 0 Å². The largest absolute Gasteiger partial charge is 0.490 e. The van der Waals surface area contributed by atoms with Crippen LogP contribution in [0.4, 0.5) is 5.69 Å². The van der Waals surface area contributed by atoms with E-state index in [1.807, 2.05) is 24.3 Å². The van der Waals surface area contributed by atoms with Gasteiger partial charge in [-0.25, -0.2) is 0 Å². The van der Waals surface area contributed by atoms with Crippen LogP contribution in [0.2, 0.25) is 0 Å². The van der Waals surface area contributed by atoms with Gasteiger partial charge in [-0.1, -0.05) is 18.2 Å². The third kappa shape index (κ3) is 4.19. The average Bonchev–Trinajstić information content (AvgIpc) is 3.13. The lowest BCUT2D eigenvalue weighted by Gasteiger charge is -2.17. The minimum Gasteiger partial charge on any atom is -0.490 e. The number of anilines is 1. The van der Waals surface area contributed by atoms with Crippen molar-refractivity contribution in [2.24, 2.45) is 0 Å². The highest BCUT2D eigenvalue weighted by Gasteiger charge is 2.17. The molecule has 4 heteroatoms. The summed E-state index contributed by atoms with van der Waals surface area (Å²) in [5.41, 5.74) is 2.84. The monoisotopic (exact) mass is 334 g/mol. The molecule has 0 bridgehead atoms. The van der Waals surface area contributed by atoms with Gasteiger partial charge in [0.25, 0.3) is 0 Å². The van der Waals surface area contributed by atoms with Crippen LogP contribution in [0.1, 0.15) is 54.1 Å². The predicted octanol–water partition coefficient (Wildman–Crippen LogP) is 4.69. The van der Waals surface area contributed by atoms with Gasteiger partial charge in [-0.3, -0.25) is 4.79 Å². The van der Waals surface area contributed by atoms with Crippen LogP contribution in [0.15, 0.2) is 42.5 Å². The molecule has 1 aliphatic rings. The molecule has 0 aliphatic heterocycles. The summed E-state index contributed by atoms with van der Waals surface area (Å²) in [6.45, 7) is 2.06. The first-order valence-electron chi connectivity index (χ1n) is 8.71. The molecule has 0 amide bonds. The number of carbonyl (C=O) groups excluding carboxylic acids is 1. The zero-order valence-electron chi connectivity index (χ0n) is 14.4. The number of nitrogens with zero attached hydrogens (tertiary/aromatic N) is 1. The summed E-state index contributed by atoms with van der Waals surface area (Å²) in [6.07, 6.45) is 4.99.